The predicted molar refractivity (Wildman–Crippen MR) is 185 cm³/mol. The van der Waals surface area contributed by atoms with E-state index in [0.717, 1.165) is 53.3 Å². The van der Waals surface area contributed by atoms with Crippen LogP contribution in [0.5, 0.6) is 11.5 Å². The maximum Gasteiger partial charge on any atom is 0.433 e. The molecular formula is C39H36F3N5O3. The molecule has 1 aliphatic carbocycles. The molecule has 5 aromatic rings. The summed E-state index contributed by atoms with van der Waals surface area (Å²) in [4.78, 5) is 19.0. The second-order valence-electron chi connectivity index (χ2n) is 12.8. The Labute approximate surface area is 287 Å². The van der Waals surface area contributed by atoms with E-state index in [9.17, 15) is 18.0 Å². The van der Waals surface area contributed by atoms with Crippen LogP contribution in [0.4, 0.5) is 13.2 Å². The van der Waals surface area contributed by atoms with Gasteiger partial charge in [0.25, 0.3) is 5.91 Å². The van der Waals surface area contributed by atoms with E-state index in [-0.39, 0.29) is 28.9 Å². The summed E-state index contributed by atoms with van der Waals surface area (Å²) in [7, 11) is 3.18. The number of amides is 1. The number of ether oxygens (including phenoxy) is 2. The number of alkyl halides is 3. The molecule has 1 aliphatic heterocycles. The van der Waals surface area contributed by atoms with Crippen LogP contribution in [0.25, 0.3) is 23.0 Å². The summed E-state index contributed by atoms with van der Waals surface area (Å²) >= 11 is 0. The Morgan fingerprint density at radius 3 is 2.34 bits per heavy atom. The highest BCUT2D eigenvalue weighted by Crippen LogP contribution is 2.47. The van der Waals surface area contributed by atoms with Crippen molar-refractivity contribution in [2.75, 3.05) is 14.2 Å². The zero-order valence-electron chi connectivity index (χ0n) is 28.1. The largest absolute Gasteiger partial charge is 0.496 e. The van der Waals surface area contributed by atoms with E-state index in [1.165, 1.54) is 11.1 Å². The second-order valence-corrected chi connectivity index (χ2v) is 12.8. The van der Waals surface area contributed by atoms with Crippen LogP contribution in [0.3, 0.4) is 0 Å². The third-order valence-corrected chi connectivity index (χ3v) is 9.45. The molecule has 7 rings (SSSR count). The molecule has 0 N–H and O–H groups in total. The third-order valence-electron chi connectivity index (χ3n) is 9.45. The van der Waals surface area contributed by atoms with E-state index in [2.05, 4.69) is 10.1 Å². The van der Waals surface area contributed by atoms with Crippen molar-refractivity contribution >= 4 is 23.3 Å². The number of hydrogen-bond donors (Lipinski definition) is 0. The van der Waals surface area contributed by atoms with Crippen molar-refractivity contribution in [1.82, 2.24) is 19.6 Å². The fraction of sp³-hybridized carbons (Fsp3) is 0.282. The molecule has 256 valence electrons. The molecule has 2 aromatic heterocycles. The average Bonchev–Trinajstić information content (AvgIpc) is 3.73. The molecule has 0 saturated heterocycles. The number of hydrazone groups is 1. The molecule has 0 radical (unpaired) electrons. The van der Waals surface area contributed by atoms with Gasteiger partial charge in [-0.05, 0) is 60.6 Å². The number of para-hydroxylation sites is 2. The molecule has 1 saturated carbocycles. The fourth-order valence-corrected chi connectivity index (χ4v) is 6.95. The molecular weight excluding hydrogens is 643 g/mol. The van der Waals surface area contributed by atoms with Gasteiger partial charge in [-0.15, -0.1) is 0 Å². The average molecular weight is 680 g/mol. The quantitative estimate of drug-likeness (QED) is 0.172. The predicted octanol–water partition coefficient (Wildman–Crippen LogP) is 8.99. The van der Waals surface area contributed by atoms with Crippen LogP contribution in [0.1, 0.15) is 77.9 Å². The molecule has 0 unspecified atom stereocenters. The highest BCUT2D eigenvalue weighted by molar-refractivity contribution is 6.09. The summed E-state index contributed by atoms with van der Waals surface area (Å²) in [5.74, 6) is 0.728. The number of halogens is 3. The molecule has 1 amide bonds. The maximum atomic E-state index is 14.5. The van der Waals surface area contributed by atoms with Crippen LogP contribution in [0.2, 0.25) is 0 Å². The van der Waals surface area contributed by atoms with Crippen molar-refractivity contribution in [3.8, 4) is 22.8 Å². The zero-order valence-corrected chi connectivity index (χ0v) is 28.1. The Morgan fingerprint density at radius 2 is 1.64 bits per heavy atom. The fourth-order valence-electron chi connectivity index (χ4n) is 6.95. The number of nitrogens with zero attached hydrogens (tertiary/aromatic N) is 5. The first-order chi connectivity index (χ1) is 24.1. The number of benzene rings is 3. The minimum atomic E-state index is -4.76. The van der Waals surface area contributed by atoms with Gasteiger partial charge in [-0.2, -0.15) is 23.4 Å². The molecule has 2 aliphatic rings. The van der Waals surface area contributed by atoms with Crippen LogP contribution in [-0.4, -0.2) is 45.4 Å². The molecule has 0 bridgehead atoms. The monoisotopic (exact) mass is 679 g/mol. The topological polar surface area (TPSA) is 81.3 Å². The number of methoxy groups -OCH3 is 2. The van der Waals surface area contributed by atoms with Crippen molar-refractivity contribution < 1.29 is 27.4 Å². The first-order valence-electron chi connectivity index (χ1n) is 16.5. The van der Waals surface area contributed by atoms with Crippen molar-refractivity contribution in [2.24, 2.45) is 11.0 Å². The number of fused-ring (bicyclic) bond motifs is 2. The van der Waals surface area contributed by atoms with E-state index in [0.29, 0.717) is 21.6 Å². The van der Waals surface area contributed by atoms with Gasteiger partial charge in [0.2, 0.25) is 0 Å². The molecule has 50 heavy (non-hydrogen) atoms. The van der Waals surface area contributed by atoms with E-state index in [1.807, 2.05) is 80.6 Å². The Bertz CT molecular complexity index is 2140. The first kappa shape index (κ1) is 33.1. The molecule has 3 heterocycles. The number of allylic oxidation sites excluding steroid dienone is 1. The van der Waals surface area contributed by atoms with Gasteiger partial charge in [-0.1, -0.05) is 74.5 Å². The molecule has 8 nitrogen and oxygen atoms in total. The van der Waals surface area contributed by atoms with Gasteiger partial charge in [0.15, 0.2) is 17.0 Å². The molecule has 1 fully saturated rings. The Hall–Kier alpha value is -5.45. The third kappa shape index (κ3) is 6.01. The van der Waals surface area contributed by atoms with Crippen LogP contribution < -0.4 is 9.47 Å². The lowest BCUT2D eigenvalue weighted by molar-refractivity contribution is -0.142. The summed E-state index contributed by atoms with van der Waals surface area (Å²) in [5, 5.41) is 10.5. The molecule has 11 heteroatoms. The SMILES string of the molecule is COc1ccccc1/C=C1\CCC[C@H]2C1=NN(C(=O)c1cc3nc(-c4ccc(C(C)C)cc4)cc(C(F)(F)F)n3n1)[C@H]2c1ccccc1OC. The van der Waals surface area contributed by atoms with Crippen LogP contribution >= 0.6 is 0 Å². The Kier molecular flexibility index (Phi) is 8.67. The lowest BCUT2D eigenvalue weighted by Crippen LogP contribution is -2.32. The van der Waals surface area contributed by atoms with E-state index < -0.39 is 23.8 Å². The lowest BCUT2D eigenvalue weighted by atomic mass is 9.77. The van der Waals surface area contributed by atoms with Gasteiger partial charge in [-0.25, -0.2) is 14.5 Å². The highest BCUT2D eigenvalue weighted by Gasteiger charge is 2.46. The second kappa shape index (κ2) is 13.1. The van der Waals surface area contributed by atoms with Crippen LogP contribution in [0, 0.1) is 5.92 Å². The zero-order chi connectivity index (χ0) is 35.2. The molecule has 3 aromatic carbocycles. The van der Waals surface area contributed by atoms with E-state index in [4.69, 9.17) is 14.6 Å². The number of carbonyl (C=O) groups excluding carboxylic acids is 1. The highest BCUT2D eigenvalue weighted by atomic mass is 19.4. The van der Waals surface area contributed by atoms with Gasteiger partial charge < -0.3 is 9.47 Å². The van der Waals surface area contributed by atoms with Gasteiger partial charge in [0.05, 0.1) is 31.7 Å². The minimum Gasteiger partial charge on any atom is -0.496 e. The van der Waals surface area contributed by atoms with Crippen molar-refractivity contribution in [2.45, 2.75) is 51.2 Å². The smallest absolute Gasteiger partial charge is 0.433 e. The summed E-state index contributed by atoms with van der Waals surface area (Å²) in [6.07, 6.45) is -0.384. The Balaban J connectivity index is 1.34. The van der Waals surface area contributed by atoms with Gasteiger partial charge in [0.1, 0.15) is 11.5 Å². The Morgan fingerprint density at radius 1 is 0.940 bits per heavy atom. The first-order valence-corrected chi connectivity index (χ1v) is 16.5. The van der Waals surface area contributed by atoms with Gasteiger partial charge in [-0.3, -0.25) is 4.79 Å². The van der Waals surface area contributed by atoms with Crippen LogP contribution in [-0.2, 0) is 6.18 Å². The normalized spacial score (nSPS) is 18.4. The number of aromatic nitrogens is 3. The van der Waals surface area contributed by atoms with E-state index in [1.54, 1.807) is 26.4 Å². The number of carbonyl (C=O) groups is 1. The standard InChI is InChI=1S/C39H36F3N5O3/c1-23(2)24-16-18-25(19-17-24)30-21-34(39(40,41)42)46-35(43-30)22-31(44-46)38(48)47-37(28-12-6-8-15-33(28)50-4)29-13-9-11-27(36(29)45-47)20-26-10-5-7-14-32(26)49-3/h5-8,10,12,14-23,29,37H,9,11,13H2,1-4H3/b27-20+/t29-,37-/m0/s1. The summed E-state index contributed by atoms with van der Waals surface area (Å²) in [5.41, 5.74) is 3.72. The summed E-state index contributed by atoms with van der Waals surface area (Å²) in [6, 6.07) is 24.1. The van der Waals surface area contributed by atoms with Crippen LogP contribution in [0.15, 0.2) is 95.6 Å². The van der Waals surface area contributed by atoms with Crippen molar-refractivity contribution in [3.05, 3.63) is 119 Å². The van der Waals surface area contributed by atoms with Gasteiger partial charge in [0, 0.05) is 28.7 Å². The molecule has 2 atom stereocenters. The lowest BCUT2D eigenvalue weighted by Gasteiger charge is -2.30. The van der Waals surface area contributed by atoms with Gasteiger partial charge >= 0.3 is 6.18 Å². The maximum absolute atomic E-state index is 14.5. The number of hydrogen-bond acceptors (Lipinski definition) is 6. The van der Waals surface area contributed by atoms with E-state index >= 15 is 0 Å². The summed E-state index contributed by atoms with van der Waals surface area (Å²) in [6.45, 7) is 4.09. The minimum absolute atomic E-state index is 0.0963. The van der Waals surface area contributed by atoms with Crippen molar-refractivity contribution in [1.29, 1.82) is 0 Å². The van der Waals surface area contributed by atoms with Crippen molar-refractivity contribution in [3.63, 3.8) is 0 Å². The number of rotatable bonds is 7. The summed E-state index contributed by atoms with van der Waals surface area (Å²) < 4.78 is 55.5. The molecule has 0 spiro atoms.